The number of hydrogen-bond donors (Lipinski definition) is 2. The molecular weight excluding hydrogens is 658 g/mol. The van der Waals surface area contributed by atoms with E-state index in [9.17, 15) is 14.7 Å². The van der Waals surface area contributed by atoms with Gasteiger partial charge in [-0.3, -0.25) is 4.79 Å². The fourth-order valence-corrected chi connectivity index (χ4v) is 5.21. The highest BCUT2D eigenvalue weighted by atomic mass is 16.5. The molecule has 0 radical (unpaired) electrons. The number of azo groups is 2. The Morgan fingerprint density at radius 2 is 1.35 bits per heavy atom. The highest BCUT2D eigenvalue weighted by Crippen LogP contribution is 2.34. The van der Waals surface area contributed by atoms with Gasteiger partial charge in [0.15, 0.2) is 40.6 Å². The van der Waals surface area contributed by atoms with Crippen LogP contribution in [-0.4, -0.2) is 79.7 Å². The van der Waals surface area contributed by atoms with E-state index < -0.39 is 18.4 Å². The molecule has 0 spiro atoms. The van der Waals surface area contributed by atoms with Crippen LogP contribution in [0.15, 0.2) is 81.6 Å². The summed E-state index contributed by atoms with van der Waals surface area (Å²) in [4.78, 5) is 33.4. The Balaban J connectivity index is 1.34. The predicted octanol–water partition coefficient (Wildman–Crippen LogP) is 4.17. The molecule has 3 N–H and O–H groups in total. The van der Waals surface area contributed by atoms with E-state index >= 15 is 0 Å². The minimum Gasteiger partial charge on any atom is -0.465 e. The Morgan fingerprint density at radius 1 is 0.804 bits per heavy atom. The zero-order valence-electron chi connectivity index (χ0n) is 28.1. The van der Waals surface area contributed by atoms with Crippen molar-refractivity contribution in [3.63, 3.8) is 0 Å². The number of esters is 1. The molecule has 0 unspecified atom stereocenters. The molecule has 19 heteroatoms. The SMILES string of the molecule is COC(=O)c1cnn(C)c1/N=N/c1c(CCCc2nn(-c3ccccn3)c(N)c2/N=N/c2c(C(=O)CO)cnn2C)nn(-c2ccccn2)c1C. The summed E-state index contributed by atoms with van der Waals surface area (Å²) >= 11 is 0. The van der Waals surface area contributed by atoms with Gasteiger partial charge in [-0.05, 0) is 50.5 Å². The van der Waals surface area contributed by atoms with Crippen LogP contribution < -0.4 is 5.73 Å². The Morgan fingerprint density at radius 3 is 1.94 bits per heavy atom. The van der Waals surface area contributed by atoms with Crippen LogP contribution in [0.2, 0.25) is 0 Å². The van der Waals surface area contributed by atoms with Crippen LogP contribution in [0.3, 0.4) is 0 Å². The Labute approximate surface area is 290 Å². The molecule has 0 saturated heterocycles. The van der Waals surface area contributed by atoms with Crippen molar-refractivity contribution >= 4 is 40.6 Å². The molecule has 260 valence electrons. The number of Topliss-reactive ketones (excluding diaryl/α,β-unsaturated/α-hetero) is 1. The first kappa shape index (κ1) is 34.1. The molecule has 0 aromatic carbocycles. The van der Waals surface area contributed by atoms with Crippen LogP contribution in [0, 0.1) is 6.92 Å². The fourth-order valence-electron chi connectivity index (χ4n) is 5.21. The molecule has 6 aromatic heterocycles. The molecule has 0 aliphatic carbocycles. The number of aliphatic hydroxyl groups is 1. The average Bonchev–Trinajstić information content (AvgIpc) is 3.89. The number of aromatic nitrogens is 10. The topological polar surface area (TPSA) is 236 Å². The van der Waals surface area contributed by atoms with E-state index in [4.69, 9.17) is 20.7 Å². The molecule has 6 rings (SSSR count). The van der Waals surface area contributed by atoms with E-state index in [2.05, 4.69) is 40.6 Å². The van der Waals surface area contributed by atoms with Crippen LogP contribution in [0.25, 0.3) is 11.6 Å². The number of ether oxygens (including phenoxy) is 1. The number of nitrogens with two attached hydrogens (primary N) is 1. The Kier molecular flexibility index (Phi) is 9.89. The van der Waals surface area contributed by atoms with Gasteiger partial charge in [-0.25, -0.2) is 28.8 Å². The van der Waals surface area contributed by atoms with E-state index in [1.807, 2.05) is 31.2 Å². The van der Waals surface area contributed by atoms with Gasteiger partial charge < -0.3 is 15.6 Å². The number of anilines is 1. The van der Waals surface area contributed by atoms with Crippen LogP contribution in [-0.2, 0) is 31.7 Å². The standard InChI is InChI=1S/C32H33N15O4/c1-19-27(38-41-31-21(32(50)51-4)17-37-45(31)3)22(42-46(19)25-12-5-7-14-34-25)10-9-11-23-28(29(33)47(43-23)26-13-6-8-15-35-26)39-40-30-20(24(49)18-48)16-36-44(30)2/h5-8,12-17,48H,9-11,18,33H2,1-4H3/b40-39+,41-38+. The number of aliphatic hydroxyl groups excluding tert-OH is 1. The van der Waals surface area contributed by atoms with Crippen LogP contribution in [0.1, 0.15) is 44.2 Å². The Bertz CT molecular complexity index is 2090. The number of methoxy groups -OCH3 is 1. The summed E-state index contributed by atoms with van der Waals surface area (Å²) in [5.41, 5.74) is 9.43. The molecular formula is C32H33N15O4. The number of pyridine rings is 2. The maximum atomic E-state index is 12.3. The number of carbonyl (C=O) groups excluding carboxylic acids is 2. The van der Waals surface area contributed by atoms with Gasteiger partial charge in [0.25, 0.3) is 0 Å². The third kappa shape index (κ3) is 6.90. The molecule has 0 amide bonds. The lowest BCUT2D eigenvalue weighted by molar-refractivity contribution is 0.0601. The number of carbonyl (C=O) groups is 2. The average molecular weight is 692 g/mol. The smallest absolute Gasteiger partial charge is 0.343 e. The third-order valence-corrected chi connectivity index (χ3v) is 7.83. The largest absolute Gasteiger partial charge is 0.465 e. The van der Waals surface area contributed by atoms with Crippen LogP contribution in [0.5, 0.6) is 0 Å². The molecule has 51 heavy (non-hydrogen) atoms. The number of hydrogen-bond acceptors (Lipinski definition) is 15. The number of rotatable bonds is 13. The molecule has 0 saturated carbocycles. The normalized spacial score (nSPS) is 11.6. The lowest BCUT2D eigenvalue weighted by atomic mass is 10.1. The summed E-state index contributed by atoms with van der Waals surface area (Å²) in [5.74, 6) is 0.491. The predicted molar refractivity (Wildman–Crippen MR) is 181 cm³/mol. The molecule has 6 aromatic rings. The second kappa shape index (κ2) is 14.8. The van der Waals surface area contributed by atoms with Gasteiger partial charge in [0, 0.05) is 26.5 Å². The maximum absolute atomic E-state index is 12.3. The number of nitrogen functional groups attached to an aromatic ring is 1. The Hall–Kier alpha value is -6.76. The van der Waals surface area contributed by atoms with Crippen molar-refractivity contribution in [1.82, 2.24) is 49.1 Å². The van der Waals surface area contributed by atoms with Gasteiger partial charge in [0.05, 0.1) is 42.1 Å². The highest BCUT2D eigenvalue weighted by molar-refractivity contribution is 6.00. The third-order valence-electron chi connectivity index (χ3n) is 7.83. The second-order valence-corrected chi connectivity index (χ2v) is 11.1. The first-order valence-corrected chi connectivity index (χ1v) is 15.6. The maximum Gasteiger partial charge on any atom is 0.343 e. The molecule has 0 atom stereocenters. The summed E-state index contributed by atoms with van der Waals surface area (Å²) in [6.45, 7) is 1.15. The molecule has 0 bridgehead atoms. The zero-order valence-corrected chi connectivity index (χ0v) is 28.1. The van der Waals surface area contributed by atoms with Crippen LogP contribution >= 0.6 is 0 Å². The molecule has 6 heterocycles. The first-order valence-electron chi connectivity index (χ1n) is 15.6. The fraction of sp³-hybridized carbons (Fsp3) is 0.250. The van der Waals surface area contributed by atoms with Gasteiger partial charge >= 0.3 is 5.97 Å². The lowest BCUT2D eigenvalue weighted by Gasteiger charge is -2.02. The van der Waals surface area contributed by atoms with Crippen molar-refractivity contribution in [1.29, 1.82) is 0 Å². The molecule has 19 nitrogen and oxygen atoms in total. The van der Waals surface area contributed by atoms with Crippen LogP contribution in [0.4, 0.5) is 28.8 Å². The van der Waals surface area contributed by atoms with E-state index in [0.29, 0.717) is 53.7 Å². The minimum absolute atomic E-state index is 0.117. The van der Waals surface area contributed by atoms with Crippen molar-refractivity contribution in [3.8, 4) is 11.6 Å². The quantitative estimate of drug-likeness (QED) is 0.0990. The van der Waals surface area contributed by atoms with E-state index in [-0.39, 0.29) is 34.3 Å². The van der Waals surface area contributed by atoms with Crippen molar-refractivity contribution in [2.24, 2.45) is 34.6 Å². The summed E-state index contributed by atoms with van der Waals surface area (Å²) in [6.07, 6.45) is 7.30. The van der Waals surface area contributed by atoms with Gasteiger partial charge in [0.1, 0.15) is 17.9 Å². The van der Waals surface area contributed by atoms with Gasteiger partial charge in [-0.1, -0.05) is 12.1 Å². The van der Waals surface area contributed by atoms with Gasteiger partial charge in [0.2, 0.25) is 0 Å². The van der Waals surface area contributed by atoms with Crippen molar-refractivity contribution < 1.29 is 19.4 Å². The second-order valence-electron chi connectivity index (χ2n) is 11.1. The highest BCUT2D eigenvalue weighted by Gasteiger charge is 2.22. The number of aryl methyl sites for hydroxylation is 4. The summed E-state index contributed by atoms with van der Waals surface area (Å²) < 4.78 is 10.8. The molecule has 0 aliphatic heterocycles. The summed E-state index contributed by atoms with van der Waals surface area (Å²) in [6, 6.07) is 10.8. The molecule has 0 fully saturated rings. The van der Waals surface area contributed by atoms with E-state index in [1.165, 1.54) is 33.5 Å². The van der Waals surface area contributed by atoms with Gasteiger partial charge in [-0.2, -0.15) is 25.1 Å². The summed E-state index contributed by atoms with van der Waals surface area (Å²) in [5, 5.41) is 44.8. The first-order chi connectivity index (χ1) is 24.7. The minimum atomic E-state index is -0.704. The summed E-state index contributed by atoms with van der Waals surface area (Å²) in [7, 11) is 4.54. The number of nitrogens with zero attached hydrogens (tertiary/aromatic N) is 14. The number of ketones is 1. The lowest BCUT2D eigenvalue weighted by Crippen LogP contribution is -2.04. The van der Waals surface area contributed by atoms with E-state index in [1.54, 1.807) is 43.3 Å². The van der Waals surface area contributed by atoms with Gasteiger partial charge in [-0.15, -0.1) is 20.5 Å². The molecule has 0 aliphatic rings. The van der Waals surface area contributed by atoms with E-state index in [0.717, 1.165) is 0 Å². The van der Waals surface area contributed by atoms with Crippen molar-refractivity contribution in [3.05, 3.63) is 89.4 Å². The van der Waals surface area contributed by atoms with Crippen molar-refractivity contribution in [2.45, 2.75) is 26.2 Å². The monoisotopic (exact) mass is 691 g/mol. The van der Waals surface area contributed by atoms with Crippen molar-refractivity contribution in [2.75, 3.05) is 19.5 Å². The zero-order chi connectivity index (χ0) is 36.1.